The van der Waals surface area contributed by atoms with Crippen LogP contribution < -0.4 is 10.1 Å². The molecular formula is C9H7Cl3N2O4. The first-order chi connectivity index (χ1) is 8.25. The Hall–Kier alpha value is -1.24. The molecule has 0 aromatic heterocycles. The van der Waals surface area contributed by atoms with Crippen LogP contribution in [0.15, 0.2) is 18.2 Å². The maximum atomic E-state index is 11.4. The smallest absolute Gasteiger partial charge is 0.312 e. The van der Waals surface area contributed by atoms with E-state index in [1.54, 1.807) is 0 Å². The molecule has 98 valence electrons. The summed E-state index contributed by atoms with van der Waals surface area (Å²) in [6, 6.07) is 3.82. The molecule has 6 nitrogen and oxygen atoms in total. The van der Waals surface area contributed by atoms with Gasteiger partial charge in [-0.05, 0) is 12.1 Å². The quantitative estimate of drug-likeness (QED) is 0.528. The average molecular weight is 314 g/mol. The van der Waals surface area contributed by atoms with Crippen LogP contribution in [0.3, 0.4) is 0 Å². The van der Waals surface area contributed by atoms with Crippen LogP contribution in [0.1, 0.15) is 0 Å². The summed E-state index contributed by atoms with van der Waals surface area (Å²) in [4.78, 5) is 21.5. The lowest BCUT2D eigenvalue weighted by Gasteiger charge is -2.11. The zero-order valence-corrected chi connectivity index (χ0v) is 11.2. The number of nitrogens with one attached hydrogen (secondary N) is 1. The number of methoxy groups -OCH3 is 1. The first-order valence-electron chi connectivity index (χ1n) is 4.46. The van der Waals surface area contributed by atoms with Crippen LogP contribution in [0.4, 0.5) is 11.4 Å². The van der Waals surface area contributed by atoms with Crippen LogP contribution in [0.25, 0.3) is 0 Å². The van der Waals surface area contributed by atoms with Gasteiger partial charge in [-0.1, -0.05) is 34.8 Å². The van der Waals surface area contributed by atoms with Crippen molar-refractivity contribution in [2.24, 2.45) is 0 Å². The standard InChI is InChI=1S/C9H7Cl3N2O4/c1-18-7-3-2-5(4-6(7)14(16)17)13-8(15)9(10,11)12/h2-4H,1H3,(H,13,15). The minimum Gasteiger partial charge on any atom is -0.490 e. The predicted octanol–water partition coefficient (Wildman–Crippen LogP) is 2.91. The van der Waals surface area contributed by atoms with Crippen LogP contribution in [0.2, 0.25) is 0 Å². The number of alkyl halides is 3. The number of nitrogens with zero attached hydrogens (tertiary/aromatic N) is 1. The SMILES string of the molecule is COc1ccc(NC(=O)C(Cl)(Cl)Cl)cc1[N+](=O)[O-]. The molecule has 0 heterocycles. The van der Waals surface area contributed by atoms with E-state index in [9.17, 15) is 14.9 Å². The van der Waals surface area contributed by atoms with Crippen molar-refractivity contribution in [2.45, 2.75) is 3.79 Å². The molecule has 0 saturated heterocycles. The van der Waals surface area contributed by atoms with Gasteiger partial charge in [0.15, 0.2) is 5.75 Å². The van der Waals surface area contributed by atoms with Gasteiger partial charge in [-0.15, -0.1) is 0 Å². The number of halogens is 3. The predicted molar refractivity (Wildman–Crippen MR) is 68.6 cm³/mol. The summed E-state index contributed by atoms with van der Waals surface area (Å²) < 4.78 is 2.66. The summed E-state index contributed by atoms with van der Waals surface area (Å²) in [5, 5.41) is 13.0. The van der Waals surface area contributed by atoms with Crippen LogP contribution in [0.5, 0.6) is 5.75 Å². The number of hydrogen-bond acceptors (Lipinski definition) is 4. The molecule has 0 aliphatic heterocycles. The Morgan fingerprint density at radius 1 is 1.44 bits per heavy atom. The van der Waals surface area contributed by atoms with E-state index in [-0.39, 0.29) is 17.1 Å². The van der Waals surface area contributed by atoms with Gasteiger partial charge in [0.25, 0.3) is 9.70 Å². The van der Waals surface area contributed by atoms with Gasteiger partial charge in [0.1, 0.15) is 0 Å². The zero-order chi connectivity index (χ0) is 13.9. The lowest BCUT2D eigenvalue weighted by molar-refractivity contribution is -0.385. The molecule has 1 rings (SSSR count). The second kappa shape index (κ2) is 5.60. The monoisotopic (exact) mass is 312 g/mol. The van der Waals surface area contributed by atoms with E-state index in [0.29, 0.717) is 0 Å². The Kier molecular flexibility index (Phi) is 4.61. The first kappa shape index (κ1) is 14.8. The minimum absolute atomic E-state index is 0.0619. The van der Waals surface area contributed by atoms with E-state index < -0.39 is 14.6 Å². The van der Waals surface area contributed by atoms with Crippen molar-refractivity contribution in [1.82, 2.24) is 0 Å². The Bertz CT molecular complexity index is 487. The lowest BCUT2D eigenvalue weighted by Crippen LogP contribution is -2.26. The van der Waals surface area contributed by atoms with Crippen LogP contribution >= 0.6 is 34.8 Å². The Labute approximate surface area is 117 Å². The Balaban J connectivity index is 3.03. The fourth-order valence-electron chi connectivity index (χ4n) is 1.11. The molecule has 0 spiro atoms. The van der Waals surface area contributed by atoms with E-state index >= 15 is 0 Å². The second-order valence-corrected chi connectivity index (χ2v) is 5.38. The molecule has 0 saturated carbocycles. The number of carbonyl (C=O) groups is 1. The zero-order valence-electron chi connectivity index (χ0n) is 8.95. The van der Waals surface area contributed by atoms with Gasteiger partial charge in [0.2, 0.25) is 0 Å². The number of rotatable bonds is 3. The van der Waals surface area contributed by atoms with E-state index in [1.165, 1.54) is 19.2 Å². The minimum atomic E-state index is -2.14. The number of hydrogen-bond donors (Lipinski definition) is 1. The normalized spacial score (nSPS) is 10.9. The summed E-state index contributed by atoms with van der Waals surface area (Å²) in [6.45, 7) is 0. The number of nitro groups is 1. The fourth-order valence-corrected chi connectivity index (χ4v) is 1.25. The summed E-state index contributed by atoms with van der Waals surface area (Å²) in [5.74, 6) is -0.848. The molecule has 0 atom stereocenters. The maximum Gasteiger partial charge on any atom is 0.312 e. The number of ether oxygens (including phenoxy) is 1. The van der Waals surface area contributed by atoms with Crippen LogP contribution in [-0.2, 0) is 4.79 Å². The summed E-state index contributed by atoms with van der Waals surface area (Å²) in [7, 11) is 1.29. The highest BCUT2D eigenvalue weighted by Gasteiger charge is 2.31. The topological polar surface area (TPSA) is 81.5 Å². The van der Waals surface area contributed by atoms with E-state index in [0.717, 1.165) is 6.07 Å². The number of nitro benzene ring substituents is 1. The van der Waals surface area contributed by atoms with E-state index in [2.05, 4.69) is 5.32 Å². The van der Waals surface area contributed by atoms with Crippen molar-refractivity contribution in [1.29, 1.82) is 0 Å². The summed E-state index contributed by atoms with van der Waals surface area (Å²) in [5.41, 5.74) is -0.182. The van der Waals surface area contributed by atoms with Crippen molar-refractivity contribution >= 4 is 52.1 Å². The number of anilines is 1. The third kappa shape index (κ3) is 3.63. The Morgan fingerprint density at radius 2 is 2.06 bits per heavy atom. The van der Waals surface area contributed by atoms with Crippen LogP contribution in [0, 0.1) is 10.1 Å². The molecule has 0 fully saturated rings. The van der Waals surface area contributed by atoms with Gasteiger partial charge in [-0.3, -0.25) is 14.9 Å². The Morgan fingerprint density at radius 3 is 2.50 bits per heavy atom. The molecule has 1 aromatic carbocycles. The van der Waals surface area contributed by atoms with Crippen molar-refractivity contribution in [2.75, 3.05) is 12.4 Å². The van der Waals surface area contributed by atoms with Gasteiger partial charge < -0.3 is 10.1 Å². The number of benzene rings is 1. The first-order valence-corrected chi connectivity index (χ1v) is 5.59. The van der Waals surface area contributed by atoms with Crippen molar-refractivity contribution in [3.8, 4) is 5.75 Å². The number of carbonyl (C=O) groups excluding carboxylic acids is 1. The molecule has 0 aliphatic rings. The summed E-state index contributed by atoms with van der Waals surface area (Å²) in [6.07, 6.45) is 0. The van der Waals surface area contributed by atoms with Gasteiger partial charge >= 0.3 is 5.69 Å². The molecule has 0 bridgehead atoms. The van der Waals surface area contributed by atoms with E-state index in [1.807, 2.05) is 0 Å². The third-order valence-electron chi connectivity index (χ3n) is 1.89. The second-order valence-electron chi connectivity index (χ2n) is 3.10. The van der Waals surface area contributed by atoms with Crippen LogP contribution in [-0.4, -0.2) is 21.7 Å². The molecule has 0 radical (unpaired) electrons. The van der Waals surface area contributed by atoms with Crippen molar-refractivity contribution < 1.29 is 14.5 Å². The van der Waals surface area contributed by atoms with Gasteiger partial charge in [-0.25, -0.2) is 0 Å². The lowest BCUT2D eigenvalue weighted by atomic mass is 10.2. The van der Waals surface area contributed by atoms with Crippen molar-refractivity contribution in [3.63, 3.8) is 0 Å². The third-order valence-corrected chi connectivity index (χ3v) is 2.41. The average Bonchev–Trinajstić information content (AvgIpc) is 2.27. The molecular weight excluding hydrogens is 306 g/mol. The van der Waals surface area contributed by atoms with Crippen molar-refractivity contribution in [3.05, 3.63) is 28.3 Å². The molecule has 0 aliphatic carbocycles. The van der Waals surface area contributed by atoms with Gasteiger partial charge in [-0.2, -0.15) is 0 Å². The molecule has 1 aromatic rings. The maximum absolute atomic E-state index is 11.4. The molecule has 0 unspecified atom stereocenters. The fraction of sp³-hybridized carbons (Fsp3) is 0.222. The highest BCUT2D eigenvalue weighted by atomic mass is 35.6. The summed E-state index contributed by atoms with van der Waals surface area (Å²) >= 11 is 16.1. The highest BCUT2D eigenvalue weighted by Crippen LogP contribution is 2.32. The van der Waals surface area contributed by atoms with Gasteiger partial charge in [0.05, 0.1) is 12.0 Å². The molecule has 18 heavy (non-hydrogen) atoms. The molecule has 1 N–H and O–H groups in total. The highest BCUT2D eigenvalue weighted by molar-refractivity contribution is 6.76. The molecule has 9 heteroatoms. The van der Waals surface area contributed by atoms with E-state index in [4.69, 9.17) is 39.5 Å². The molecule has 1 amide bonds. The largest absolute Gasteiger partial charge is 0.490 e. The number of amides is 1. The van der Waals surface area contributed by atoms with Gasteiger partial charge in [0, 0.05) is 11.8 Å².